The van der Waals surface area contributed by atoms with E-state index in [9.17, 15) is 5.11 Å². The van der Waals surface area contributed by atoms with Gasteiger partial charge in [0.2, 0.25) is 0 Å². The minimum Gasteiger partial charge on any atom is -0.491 e. The van der Waals surface area contributed by atoms with E-state index in [4.69, 9.17) is 4.74 Å². The number of nitrogens with zero attached hydrogens (tertiary/aromatic N) is 1. The van der Waals surface area contributed by atoms with E-state index in [1.165, 1.54) is 44.9 Å². The maximum atomic E-state index is 10.5. The van der Waals surface area contributed by atoms with Crippen LogP contribution in [0.2, 0.25) is 0 Å². The first-order chi connectivity index (χ1) is 14.0. The van der Waals surface area contributed by atoms with Crippen molar-refractivity contribution in [3.05, 3.63) is 29.8 Å². The average molecular weight is 434 g/mol. The zero-order valence-corrected chi connectivity index (χ0v) is 19.6. The third-order valence-corrected chi connectivity index (χ3v) is 8.36. The summed E-state index contributed by atoms with van der Waals surface area (Å²) < 4.78 is 5.96. The van der Waals surface area contributed by atoms with Crippen LogP contribution in [0.4, 0.5) is 0 Å². The molecular weight excluding hydrogens is 394 g/mol. The Bertz CT molecular complexity index is 660. The number of piperidine rings is 1. The van der Waals surface area contributed by atoms with E-state index in [0.29, 0.717) is 12.0 Å². The number of halogens is 1. The topological polar surface area (TPSA) is 32.7 Å². The van der Waals surface area contributed by atoms with Gasteiger partial charge in [0.25, 0.3) is 0 Å². The van der Waals surface area contributed by atoms with Crippen molar-refractivity contribution in [1.29, 1.82) is 0 Å². The highest BCUT2D eigenvalue weighted by atomic mass is 35.5. The summed E-state index contributed by atoms with van der Waals surface area (Å²) in [5.41, 5.74) is 2.00. The molecule has 0 spiro atoms. The van der Waals surface area contributed by atoms with E-state index < -0.39 is 6.10 Å². The largest absolute Gasteiger partial charge is 0.491 e. The van der Waals surface area contributed by atoms with E-state index in [-0.39, 0.29) is 12.4 Å². The molecule has 0 radical (unpaired) electrons. The Morgan fingerprint density at radius 2 is 1.47 bits per heavy atom. The summed E-state index contributed by atoms with van der Waals surface area (Å²) in [6.07, 6.45) is 9.58. The lowest BCUT2D eigenvalue weighted by molar-refractivity contribution is -0.00523. The highest BCUT2D eigenvalue weighted by molar-refractivity contribution is 5.85. The Morgan fingerprint density at radius 3 is 2.00 bits per heavy atom. The average Bonchev–Trinajstić information content (AvgIpc) is 2.65. The summed E-state index contributed by atoms with van der Waals surface area (Å²) in [5.74, 6) is 5.29. The second kappa shape index (κ2) is 9.00. The summed E-state index contributed by atoms with van der Waals surface area (Å²) >= 11 is 0. The van der Waals surface area contributed by atoms with Crippen molar-refractivity contribution in [3.8, 4) is 5.75 Å². The number of ether oxygens (including phenoxy) is 1. The summed E-state index contributed by atoms with van der Waals surface area (Å²) in [6, 6.07) is 8.93. The van der Waals surface area contributed by atoms with Crippen molar-refractivity contribution in [3.63, 3.8) is 0 Å². The fourth-order valence-corrected chi connectivity index (χ4v) is 7.85. The normalized spacial score (nSPS) is 38.8. The van der Waals surface area contributed by atoms with Gasteiger partial charge in [-0.15, -0.1) is 12.4 Å². The molecule has 3 nitrogen and oxygen atoms in total. The van der Waals surface area contributed by atoms with Crippen LogP contribution >= 0.6 is 12.4 Å². The first kappa shape index (κ1) is 22.4. The molecular formula is C26H40ClNO2. The zero-order chi connectivity index (χ0) is 20.0. The summed E-state index contributed by atoms with van der Waals surface area (Å²) in [7, 11) is 0. The van der Waals surface area contributed by atoms with Crippen LogP contribution in [-0.4, -0.2) is 42.4 Å². The molecule has 1 aromatic carbocycles. The van der Waals surface area contributed by atoms with Crippen molar-refractivity contribution in [1.82, 2.24) is 4.90 Å². The van der Waals surface area contributed by atoms with Crippen LogP contribution in [0.5, 0.6) is 5.75 Å². The van der Waals surface area contributed by atoms with Crippen LogP contribution in [0.15, 0.2) is 24.3 Å². The van der Waals surface area contributed by atoms with Gasteiger partial charge in [-0.25, -0.2) is 0 Å². The molecule has 0 aromatic heterocycles. The minimum atomic E-state index is -0.421. The molecule has 4 heteroatoms. The van der Waals surface area contributed by atoms with Gasteiger partial charge in [0.15, 0.2) is 0 Å². The first-order valence-electron chi connectivity index (χ1n) is 12.1. The Hall–Kier alpha value is -0.770. The number of benzene rings is 1. The SMILES string of the molecule is CC1CC(C)CN(CC(O)COc2ccc(C34CC5CC(CC(C5)C3)C4)cc2)C1.Cl. The molecule has 1 aromatic rings. The number of hydrogen-bond donors (Lipinski definition) is 1. The predicted octanol–water partition coefficient (Wildman–Crippen LogP) is 5.29. The molecule has 3 unspecified atom stereocenters. The maximum Gasteiger partial charge on any atom is 0.119 e. The lowest BCUT2D eigenvalue weighted by atomic mass is 9.48. The van der Waals surface area contributed by atoms with Crippen LogP contribution in [0, 0.1) is 29.6 Å². The Balaban J connectivity index is 0.00000218. The highest BCUT2D eigenvalue weighted by Crippen LogP contribution is 2.60. The molecule has 168 valence electrons. The summed E-state index contributed by atoms with van der Waals surface area (Å²) in [6.45, 7) is 7.94. The molecule has 1 aliphatic heterocycles. The van der Waals surface area contributed by atoms with Crippen molar-refractivity contribution < 1.29 is 9.84 Å². The molecule has 1 heterocycles. The van der Waals surface area contributed by atoms with Crippen LogP contribution < -0.4 is 4.74 Å². The number of aliphatic hydroxyl groups is 1. The van der Waals surface area contributed by atoms with E-state index in [1.807, 2.05) is 0 Å². The van der Waals surface area contributed by atoms with E-state index in [2.05, 4.69) is 43.0 Å². The third-order valence-electron chi connectivity index (χ3n) is 8.36. The zero-order valence-electron chi connectivity index (χ0n) is 18.8. The lowest BCUT2D eigenvalue weighted by Crippen LogP contribution is -2.48. The molecule has 5 fully saturated rings. The van der Waals surface area contributed by atoms with Crippen LogP contribution in [-0.2, 0) is 5.41 Å². The molecule has 5 aliphatic rings. The summed E-state index contributed by atoms with van der Waals surface area (Å²) in [4.78, 5) is 2.41. The van der Waals surface area contributed by atoms with Gasteiger partial charge in [-0.05, 0) is 97.6 Å². The second-order valence-electron chi connectivity index (χ2n) is 11.4. The second-order valence-corrected chi connectivity index (χ2v) is 11.4. The van der Waals surface area contributed by atoms with Crippen molar-refractivity contribution >= 4 is 12.4 Å². The minimum absolute atomic E-state index is 0. The van der Waals surface area contributed by atoms with Gasteiger partial charge in [0.1, 0.15) is 18.5 Å². The third kappa shape index (κ3) is 4.69. The van der Waals surface area contributed by atoms with Gasteiger partial charge >= 0.3 is 0 Å². The molecule has 30 heavy (non-hydrogen) atoms. The van der Waals surface area contributed by atoms with Gasteiger partial charge in [-0.1, -0.05) is 26.0 Å². The molecule has 1 N–H and O–H groups in total. The predicted molar refractivity (Wildman–Crippen MR) is 124 cm³/mol. The van der Waals surface area contributed by atoms with E-state index >= 15 is 0 Å². The Kier molecular flexibility index (Phi) is 6.73. The van der Waals surface area contributed by atoms with Gasteiger partial charge in [0, 0.05) is 19.6 Å². The number of aliphatic hydroxyl groups excluding tert-OH is 1. The first-order valence-corrected chi connectivity index (χ1v) is 12.1. The molecule has 0 amide bonds. The number of β-amino-alcohol motifs (C(OH)–C–C–N with tert-alkyl or cyclic N) is 1. The van der Waals surface area contributed by atoms with E-state index in [1.54, 1.807) is 5.56 Å². The Labute approximate surface area is 189 Å². The van der Waals surface area contributed by atoms with Crippen LogP contribution in [0.3, 0.4) is 0 Å². The highest BCUT2D eigenvalue weighted by Gasteiger charge is 2.51. The molecule has 4 aliphatic carbocycles. The fourth-order valence-electron chi connectivity index (χ4n) is 7.85. The van der Waals surface area contributed by atoms with Gasteiger partial charge in [-0.3, -0.25) is 0 Å². The lowest BCUT2D eigenvalue weighted by Gasteiger charge is -2.57. The molecule has 4 bridgehead atoms. The Morgan fingerprint density at radius 1 is 0.933 bits per heavy atom. The van der Waals surface area contributed by atoms with Gasteiger partial charge < -0.3 is 14.7 Å². The molecule has 4 saturated carbocycles. The van der Waals surface area contributed by atoms with Gasteiger partial charge in [-0.2, -0.15) is 0 Å². The molecule has 6 rings (SSSR count). The van der Waals surface area contributed by atoms with Crippen LogP contribution in [0.1, 0.15) is 64.4 Å². The van der Waals surface area contributed by atoms with Crippen molar-refractivity contribution in [2.45, 2.75) is 70.3 Å². The molecule has 1 saturated heterocycles. The van der Waals surface area contributed by atoms with Crippen molar-refractivity contribution in [2.75, 3.05) is 26.2 Å². The van der Waals surface area contributed by atoms with E-state index in [0.717, 1.165) is 55.0 Å². The monoisotopic (exact) mass is 433 g/mol. The standard InChI is InChI=1S/C26H39NO2.ClH/c1-18-7-19(2)15-27(14-18)16-24(28)17-29-25-5-3-23(4-6-25)26-11-20-8-21(12-26)10-22(9-20)13-26;/h3-6,18-22,24,28H,7-17H2,1-2H3;1H. The summed E-state index contributed by atoms with van der Waals surface area (Å²) in [5, 5.41) is 10.5. The van der Waals surface area contributed by atoms with Crippen LogP contribution in [0.25, 0.3) is 0 Å². The van der Waals surface area contributed by atoms with Gasteiger partial charge in [0.05, 0.1) is 0 Å². The number of rotatable bonds is 6. The fraction of sp³-hybridized carbons (Fsp3) is 0.769. The maximum absolute atomic E-state index is 10.5. The smallest absolute Gasteiger partial charge is 0.119 e. The van der Waals surface area contributed by atoms with Crippen molar-refractivity contribution in [2.24, 2.45) is 29.6 Å². The quantitative estimate of drug-likeness (QED) is 0.661. The number of likely N-dealkylation sites (tertiary alicyclic amines) is 1. The molecule has 3 atom stereocenters. The number of hydrogen-bond acceptors (Lipinski definition) is 3.